The molecule has 1 aliphatic heterocycles. The van der Waals surface area contributed by atoms with Gasteiger partial charge in [-0.2, -0.15) is 0 Å². The van der Waals surface area contributed by atoms with Crippen molar-refractivity contribution >= 4 is 11.4 Å². The first-order valence-electron chi connectivity index (χ1n) is 7.47. The molecule has 1 saturated heterocycles. The molecule has 0 amide bonds. The molecule has 1 aliphatic rings. The summed E-state index contributed by atoms with van der Waals surface area (Å²) in [5.41, 5.74) is 0.591. The highest BCUT2D eigenvalue weighted by molar-refractivity contribution is 5.68. The van der Waals surface area contributed by atoms with Crippen LogP contribution in [0.25, 0.3) is 0 Å². The van der Waals surface area contributed by atoms with E-state index in [0.717, 1.165) is 32.4 Å². The van der Waals surface area contributed by atoms with E-state index < -0.39 is 0 Å². The summed E-state index contributed by atoms with van der Waals surface area (Å²) >= 11 is 0. The highest BCUT2D eigenvalue weighted by atomic mass is 16.6. The van der Waals surface area contributed by atoms with Crippen LogP contribution in [0.15, 0.2) is 18.2 Å². The largest absolute Gasteiger partial charge is 0.487 e. The summed E-state index contributed by atoms with van der Waals surface area (Å²) in [7, 11) is 2.07. The summed E-state index contributed by atoms with van der Waals surface area (Å²) in [6.07, 6.45) is 2.96. The Morgan fingerprint density at radius 3 is 3.00 bits per heavy atom. The van der Waals surface area contributed by atoms with Crippen LogP contribution in [0.2, 0.25) is 0 Å². The number of piperidine rings is 1. The first-order chi connectivity index (χ1) is 10.1. The number of rotatable bonds is 6. The molecular formula is C15H23N3O3. The van der Waals surface area contributed by atoms with E-state index in [4.69, 9.17) is 4.74 Å². The minimum Gasteiger partial charge on any atom is -0.487 e. The number of ether oxygens (including phenoxy) is 1. The minimum absolute atomic E-state index is 0.0409. The van der Waals surface area contributed by atoms with Crippen LogP contribution in [0.5, 0.6) is 5.75 Å². The van der Waals surface area contributed by atoms with Gasteiger partial charge in [0.1, 0.15) is 5.69 Å². The summed E-state index contributed by atoms with van der Waals surface area (Å²) in [5, 5.41) is 14.7. The molecule has 0 spiro atoms. The maximum atomic E-state index is 11.4. The quantitative estimate of drug-likeness (QED) is 0.645. The normalized spacial score (nSPS) is 19.2. The van der Waals surface area contributed by atoms with Gasteiger partial charge in [-0.3, -0.25) is 10.1 Å². The number of para-hydroxylation sites is 1. The van der Waals surface area contributed by atoms with Gasteiger partial charge in [-0.15, -0.1) is 0 Å². The lowest BCUT2D eigenvalue weighted by Crippen LogP contribution is -2.39. The third-order valence-electron chi connectivity index (χ3n) is 3.63. The Morgan fingerprint density at radius 2 is 2.33 bits per heavy atom. The predicted octanol–water partition coefficient (Wildman–Crippen LogP) is 2.89. The standard InChI is InChI=1S/C15H23N3O3/c1-3-10-21-14-8-4-7-13(15(14)18(19)20)16-12-6-5-9-17(2)11-12/h4,7-8,12,16H,3,5-6,9-11H2,1-2H3. The molecule has 0 aliphatic carbocycles. The molecule has 116 valence electrons. The first-order valence-corrected chi connectivity index (χ1v) is 7.47. The van der Waals surface area contributed by atoms with E-state index >= 15 is 0 Å². The Hall–Kier alpha value is -1.82. The van der Waals surface area contributed by atoms with Crippen molar-refractivity contribution in [2.24, 2.45) is 0 Å². The molecule has 1 unspecified atom stereocenters. The van der Waals surface area contributed by atoms with Crippen molar-refractivity contribution in [1.29, 1.82) is 0 Å². The lowest BCUT2D eigenvalue weighted by Gasteiger charge is -2.30. The lowest BCUT2D eigenvalue weighted by molar-refractivity contribution is -0.385. The molecule has 0 bridgehead atoms. The average Bonchev–Trinajstić information content (AvgIpc) is 2.45. The first kappa shape index (κ1) is 15.6. The Morgan fingerprint density at radius 1 is 1.52 bits per heavy atom. The second-order valence-corrected chi connectivity index (χ2v) is 5.50. The molecule has 21 heavy (non-hydrogen) atoms. The molecule has 0 radical (unpaired) electrons. The van der Waals surface area contributed by atoms with Crippen LogP contribution < -0.4 is 10.1 Å². The van der Waals surface area contributed by atoms with Crippen LogP contribution in [-0.2, 0) is 0 Å². The van der Waals surface area contributed by atoms with E-state index in [1.165, 1.54) is 0 Å². The smallest absolute Gasteiger partial charge is 0.333 e. The van der Waals surface area contributed by atoms with Gasteiger partial charge >= 0.3 is 5.69 Å². The summed E-state index contributed by atoms with van der Waals surface area (Å²) < 4.78 is 5.51. The third-order valence-corrected chi connectivity index (χ3v) is 3.63. The number of nitro benzene ring substituents is 1. The van der Waals surface area contributed by atoms with Crippen molar-refractivity contribution in [1.82, 2.24) is 4.90 Å². The lowest BCUT2D eigenvalue weighted by atomic mass is 10.1. The molecule has 1 aromatic carbocycles. The molecule has 0 saturated carbocycles. The van der Waals surface area contributed by atoms with E-state index in [1.54, 1.807) is 18.2 Å². The SMILES string of the molecule is CCCOc1cccc(NC2CCCN(C)C2)c1[N+](=O)[O-]. The summed E-state index contributed by atoms with van der Waals surface area (Å²) in [6.45, 7) is 4.44. The number of nitrogens with zero attached hydrogens (tertiary/aromatic N) is 2. The van der Waals surface area contributed by atoms with Gasteiger partial charge < -0.3 is 15.0 Å². The van der Waals surface area contributed by atoms with Crippen LogP contribution in [0.4, 0.5) is 11.4 Å². The summed E-state index contributed by atoms with van der Waals surface area (Å²) in [5.74, 6) is 0.344. The van der Waals surface area contributed by atoms with E-state index in [1.807, 2.05) is 6.92 Å². The molecule has 1 atom stereocenters. The summed E-state index contributed by atoms with van der Waals surface area (Å²) in [6, 6.07) is 5.45. The Balaban J connectivity index is 2.19. The molecule has 0 aromatic heterocycles. The zero-order chi connectivity index (χ0) is 15.2. The highest BCUT2D eigenvalue weighted by Crippen LogP contribution is 2.35. The van der Waals surface area contributed by atoms with E-state index in [-0.39, 0.29) is 16.7 Å². The number of benzene rings is 1. The molecule has 1 fully saturated rings. The van der Waals surface area contributed by atoms with Crippen LogP contribution in [0.1, 0.15) is 26.2 Å². The van der Waals surface area contributed by atoms with Crippen molar-refractivity contribution in [2.45, 2.75) is 32.2 Å². The van der Waals surface area contributed by atoms with Crippen molar-refractivity contribution in [2.75, 3.05) is 32.1 Å². The second-order valence-electron chi connectivity index (χ2n) is 5.50. The van der Waals surface area contributed by atoms with E-state index in [0.29, 0.717) is 18.0 Å². The third kappa shape index (κ3) is 4.07. The van der Waals surface area contributed by atoms with Crippen molar-refractivity contribution < 1.29 is 9.66 Å². The number of anilines is 1. The van der Waals surface area contributed by atoms with E-state index in [2.05, 4.69) is 17.3 Å². The van der Waals surface area contributed by atoms with Gasteiger partial charge in [0.25, 0.3) is 0 Å². The topological polar surface area (TPSA) is 67.6 Å². The molecule has 1 aromatic rings. The van der Waals surface area contributed by atoms with Gasteiger partial charge in [0.2, 0.25) is 0 Å². The van der Waals surface area contributed by atoms with Crippen LogP contribution in [-0.4, -0.2) is 42.6 Å². The molecule has 1 heterocycles. The maximum absolute atomic E-state index is 11.4. The molecule has 6 heteroatoms. The van der Waals surface area contributed by atoms with Gasteiger partial charge in [0, 0.05) is 12.6 Å². The molecule has 6 nitrogen and oxygen atoms in total. The van der Waals surface area contributed by atoms with Gasteiger partial charge in [0.15, 0.2) is 5.75 Å². The Labute approximate surface area is 125 Å². The zero-order valence-electron chi connectivity index (χ0n) is 12.7. The second kappa shape index (κ2) is 7.26. The van der Waals surface area contributed by atoms with Crippen molar-refractivity contribution in [3.63, 3.8) is 0 Å². The molecule has 1 N–H and O–H groups in total. The Bertz CT molecular complexity index is 493. The predicted molar refractivity (Wildman–Crippen MR) is 83.0 cm³/mol. The van der Waals surface area contributed by atoms with Crippen LogP contribution >= 0.6 is 0 Å². The Kier molecular flexibility index (Phi) is 5.38. The van der Waals surface area contributed by atoms with Gasteiger partial charge in [-0.05, 0) is 45.0 Å². The number of nitrogens with one attached hydrogen (secondary N) is 1. The number of nitro groups is 1. The number of likely N-dealkylation sites (N-methyl/N-ethyl adjacent to an activating group) is 1. The van der Waals surface area contributed by atoms with Crippen LogP contribution in [0, 0.1) is 10.1 Å². The maximum Gasteiger partial charge on any atom is 0.333 e. The number of hydrogen-bond donors (Lipinski definition) is 1. The average molecular weight is 293 g/mol. The fourth-order valence-electron chi connectivity index (χ4n) is 2.66. The van der Waals surface area contributed by atoms with E-state index in [9.17, 15) is 10.1 Å². The highest BCUT2D eigenvalue weighted by Gasteiger charge is 2.24. The van der Waals surface area contributed by atoms with Gasteiger partial charge in [0.05, 0.1) is 11.5 Å². The van der Waals surface area contributed by atoms with Crippen molar-refractivity contribution in [3.8, 4) is 5.75 Å². The number of likely N-dealkylation sites (tertiary alicyclic amines) is 1. The molecular weight excluding hydrogens is 270 g/mol. The zero-order valence-corrected chi connectivity index (χ0v) is 12.7. The van der Waals surface area contributed by atoms with Crippen LogP contribution in [0.3, 0.4) is 0 Å². The van der Waals surface area contributed by atoms with Gasteiger partial charge in [-0.25, -0.2) is 0 Å². The molecule has 2 rings (SSSR count). The minimum atomic E-state index is -0.361. The van der Waals surface area contributed by atoms with Gasteiger partial charge in [-0.1, -0.05) is 13.0 Å². The van der Waals surface area contributed by atoms with Crippen molar-refractivity contribution in [3.05, 3.63) is 28.3 Å². The fourth-order valence-corrected chi connectivity index (χ4v) is 2.66. The monoisotopic (exact) mass is 293 g/mol. The summed E-state index contributed by atoms with van der Waals surface area (Å²) in [4.78, 5) is 13.3. The fraction of sp³-hybridized carbons (Fsp3) is 0.600. The number of hydrogen-bond acceptors (Lipinski definition) is 5.